The first-order valence-corrected chi connectivity index (χ1v) is 6.88. The Hall–Kier alpha value is -0.770. The van der Waals surface area contributed by atoms with E-state index in [-0.39, 0.29) is 0 Å². The Morgan fingerprint density at radius 3 is 2.78 bits per heavy atom. The summed E-state index contributed by atoms with van der Waals surface area (Å²) in [6.07, 6.45) is 1.06. The van der Waals surface area contributed by atoms with E-state index in [2.05, 4.69) is 28.5 Å². The van der Waals surface area contributed by atoms with Gasteiger partial charge in [-0.15, -0.1) is 11.6 Å². The van der Waals surface area contributed by atoms with Crippen LogP contribution in [0.5, 0.6) is 0 Å². The molecule has 3 nitrogen and oxygen atoms in total. The second kappa shape index (κ2) is 5.91. The number of imidazole rings is 1. The minimum atomic E-state index is 0.425. The van der Waals surface area contributed by atoms with Crippen molar-refractivity contribution in [2.24, 2.45) is 0 Å². The van der Waals surface area contributed by atoms with Crippen molar-refractivity contribution in [2.45, 2.75) is 18.8 Å². The molecule has 0 aliphatic rings. The first kappa shape index (κ1) is 13.7. The lowest BCUT2D eigenvalue weighted by molar-refractivity contribution is 0.386. The fourth-order valence-corrected chi connectivity index (χ4v) is 2.41. The molecule has 0 fully saturated rings. The average molecular weight is 286 g/mol. The number of benzene rings is 1. The number of alkyl halides is 1. The zero-order valence-corrected chi connectivity index (χ0v) is 12.2. The van der Waals surface area contributed by atoms with Gasteiger partial charge in [0.15, 0.2) is 0 Å². The summed E-state index contributed by atoms with van der Waals surface area (Å²) in [6, 6.07) is 5.75. The number of nitrogens with zero attached hydrogens (tertiary/aromatic N) is 3. The molecule has 0 amide bonds. The molecule has 0 bridgehead atoms. The molecular weight excluding hydrogens is 269 g/mol. The van der Waals surface area contributed by atoms with Crippen LogP contribution >= 0.6 is 23.2 Å². The molecule has 2 aromatic rings. The smallest absolute Gasteiger partial charge is 0.124 e. The highest BCUT2D eigenvalue weighted by molar-refractivity contribution is 6.31. The van der Waals surface area contributed by atoms with Gasteiger partial charge in [-0.05, 0) is 45.3 Å². The zero-order valence-electron chi connectivity index (χ0n) is 10.7. The Balaban J connectivity index is 2.30. The van der Waals surface area contributed by atoms with Crippen molar-refractivity contribution in [3.8, 4) is 0 Å². The van der Waals surface area contributed by atoms with Gasteiger partial charge < -0.3 is 9.47 Å². The minimum Gasteiger partial charge on any atom is -0.327 e. The lowest BCUT2D eigenvalue weighted by atomic mass is 10.3. The summed E-state index contributed by atoms with van der Waals surface area (Å²) in [5, 5.41) is 0.734. The summed E-state index contributed by atoms with van der Waals surface area (Å²) >= 11 is 12.0. The van der Waals surface area contributed by atoms with Crippen LogP contribution in [0.4, 0.5) is 0 Å². The van der Waals surface area contributed by atoms with E-state index in [1.54, 1.807) is 0 Å². The largest absolute Gasteiger partial charge is 0.327 e. The molecule has 0 saturated carbocycles. The molecule has 0 saturated heterocycles. The Labute approximate surface area is 117 Å². The van der Waals surface area contributed by atoms with Crippen LogP contribution in [0, 0.1) is 0 Å². The molecule has 5 heteroatoms. The predicted molar refractivity (Wildman–Crippen MR) is 77.5 cm³/mol. The number of hydrogen-bond donors (Lipinski definition) is 0. The van der Waals surface area contributed by atoms with E-state index in [0.29, 0.717) is 5.88 Å². The van der Waals surface area contributed by atoms with Gasteiger partial charge in [0.2, 0.25) is 0 Å². The van der Waals surface area contributed by atoms with Crippen LogP contribution in [-0.4, -0.2) is 35.1 Å². The van der Waals surface area contributed by atoms with Gasteiger partial charge in [-0.25, -0.2) is 4.98 Å². The first-order valence-electron chi connectivity index (χ1n) is 5.97. The first-order chi connectivity index (χ1) is 8.61. The van der Waals surface area contributed by atoms with Crippen LogP contribution < -0.4 is 0 Å². The second-order valence-corrected chi connectivity index (χ2v) is 5.31. The van der Waals surface area contributed by atoms with Crippen LogP contribution in [0.3, 0.4) is 0 Å². The van der Waals surface area contributed by atoms with Crippen molar-refractivity contribution >= 4 is 34.2 Å². The van der Waals surface area contributed by atoms with Crippen LogP contribution in [-0.2, 0) is 12.4 Å². The van der Waals surface area contributed by atoms with Gasteiger partial charge in [-0.1, -0.05) is 11.6 Å². The molecular formula is C13H17Cl2N3. The predicted octanol–water partition coefficient (Wildman–Crippen LogP) is 3.38. The third-order valence-electron chi connectivity index (χ3n) is 2.90. The van der Waals surface area contributed by atoms with Crippen molar-refractivity contribution in [3.63, 3.8) is 0 Å². The van der Waals surface area contributed by atoms with Gasteiger partial charge in [0.25, 0.3) is 0 Å². The van der Waals surface area contributed by atoms with Gasteiger partial charge in [0.1, 0.15) is 5.82 Å². The number of aromatic nitrogens is 2. The number of rotatable bonds is 5. The average Bonchev–Trinajstić information content (AvgIpc) is 2.66. The zero-order chi connectivity index (χ0) is 13.1. The fraction of sp³-hybridized carbons (Fsp3) is 0.462. The van der Waals surface area contributed by atoms with Crippen LogP contribution in [0.2, 0.25) is 5.02 Å². The second-order valence-electron chi connectivity index (χ2n) is 4.60. The molecule has 0 unspecified atom stereocenters. The molecule has 2 rings (SSSR count). The Kier molecular flexibility index (Phi) is 4.49. The number of aryl methyl sites for hydroxylation is 1. The molecule has 1 heterocycles. The van der Waals surface area contributed by atoms with E-state index in [1.165, 1.54) is 0 Å². The maximum atomic E-state index is 6.05. The third-order valence-corrected chi connectivity index (χ3v) is 3.37. The van der Waals surface area contributed by atoms with Crippen LogP contribution in [0.1, 0.15) is 12.2 Å². The normalized spacial score (nSPS) is 11.6. The molecule has 1 aromatic carbocycles. The number of fused-ring (bicyclic) bond motifs is 1. The van der Waals surface area contributed by atoms with Crippen molar-refractivity contribution in [2.75, 3.05) is 20.6 Å². The Bertz CT molecular complexity index is 534. The summed E-state index contributed by atoms with van der Waals surface area (Å²) in [4.78, 5) is 6.70. The highest BCUT2D eigenvalue weighted by atomic mass is 35.5. The standard InChI is InChI=1S/C13H17Cl2N3/c1-17(2)6-3-7-18-12-8-10(15)4-5-11(12)16-13(18)9-14/h4-5,8H,3,6-7,9H2,1-2H3. The molecule has 0 atom stereocenters. The molecule has 0 aliphatic carbocycles. The molecule has 0 aliphatic heterocycles. The lowest BCUT2D eigenvalue weighted by Crippen LogP contribution is -2.15. The summed E-state index contributed by atoms with van der Waals surface area (Å²) in [7, 11) is 4.15. The monoisotopic (exact) mass is 285 g/mol. The fourth-order valence-electron chi connectivity index (χ4n) is 2.04. The highest BCUT2D eigenvalue weighted by Crippen LogP contribution is 2.22. The highest BCUT2D eigenvalue weighted by Gasteiger charge is 2.10. The SMILES string of the molecule is CN(C)CCCn1c(CCl)nc2ccc(Cl)cc21. The quantitative estimate of drug-likeness (QED) is 0.786. The van der Waals surface area contributed by atoms with Crippen molar-refractivity contribution in [1.82, 2.24) is 14.5 Å². The molecule has 0 radical (unpaired) electrons. The molecule has 0 N–H and O–H groups in total. The molecule has 98 valence electrons. The van der Waals surface area contributed by atoms with Gasteiger partial charge >= 0.3 is 0 Å². The third kappa shape index (κ3) is 2.97. The maximum Gasteiger partial charge on any atom is 0.124 e. The topological polar surface area (TPSA) is 21.1 Å². The van der Waals surface area contributed by atoms with Crippen LogP contribution in [0.15, 0.2) is 18.2 Å². The molecule has 0 spiro atoms. The number of hydrogen-bond acceptors (Lipinski definition) is 2. The van der Waals surface area contributed by atoms with Gasteiger partial charge in [-0.2, -0.15) is 0 Å². The summed E-state index contributed by atoms with van der Waals surface area (Å²) in [6.45, 7) is 1.96. The van der Waals surface area contributed by atoms with E-state index >= 15 is 0 Å². The van der Waals surface area contributed by atoms with E-state index in [4.69, 9.17) is 23.2 Å². The van der Waals surface area contributed by atoms with Crippen molar-refractivity contribution in [1.29, 1.82) is 0 Å². The Morgan fingerprint density at radius 1 is 1.33 bits per heavy atom. The van der Waals surface area contributed by atoms with E-state index in [1.807, 2.05) is 18.2 Å². The maximum absolute atomic E-state index is 6.05. The number of halogens is 2. The van der Waals surface area contributed by atoms with Crippen molar-refractivity contribution < 1.29 is 0 Å². The van der Waals surface area contributed by atoms with E-state index in [9.17, 15) is 0 Å². The van der Waals surface area contributed by atoms with Crippen molar-refractivity contribution in [3.05, 3.63) is 29.0 Å². The molecule has 1 aromatic heterocycles. The van der Waals surface area contributed by atoms with Gasteiger partial charge in [0, 0.05) is 11.6 Å². The minimum absolute atomic E-state index is 0.425. The molecule has 18 heavy (non-hydrogen) atoms. The summed E-state index contributed by atoms with van der Waals surface area (Å²) in [5.41, 5.74) is 2.02. The van der Waals surface area contributed by atoms with Gasteiger partial charge in [-0.3, -0.25) is 0 Å². The van der Waals surface area contributed by atoms with Gasteiger partial charge in [0.05, 0.1) is 16.9 Å². The van der Waals surface area contributed by atoms with Crippen LogP contribution in [0.25, 0.3) is 11.0 Å². The Morgan fingerprint density at radius 2 is 2.11 bits per heavy atom. The summed E-state index contributed by atoms with van der Waals surface area (Å²) < 4.78 is 2.16. The summed E-state index contributed by atoms with van der Waals surface area (Å²) in [5.74, 6) is 1.33. The van der Waals surface area contributed by atoms with E-state index < -0.39 is 0 Å². The van der Waals surface area contributed by atoms with E-state index in [0.717, 1.165) is 41.4 Å². The lowest BCUT2D eigenvalue weighted by Gasteiger charge is -2.11.